The van der Waals surface area contributed by atoms with Crippen LogP contribution in [0.2, 0.25) is 0 Å². The molecule has 0 aromatic heterocycles. The fourth-order valence-electron chi connectivity index (χ4n) is 9.40. The van der Waals surface area contributed by atoms with Crippen LogP contribution in [0.4, 0.5) is 0 Å². The smallest absolute Gasteiger partial charge is 0.164 e. The molecule has 4 rings (SSSR count). The molecular weight excluding hydrogens is 472 g/mol. The predicted octanol–water partition coefficient (Wildman–Crippen LogP) is 2.94. The number of hydrogen-bond donors (Lipinski definition) is 5. The summed E-state index contributed by atoms with van der Waals surface area (Å²) in [5, 5.41) is 54.8. The molecule has 0 radical (unpaired) electrons. The highest BCUT2D eigenvalue weighted by atomic mass is 16.3. The number of carbonyl (C=O) groups is 2. The molecular formula is C30H48O7. The molecule has 0 saturated heterocycles. The topological polar surface area (TPSA) is 135 Å². The number of Topliss-reactive ketones (excluding diaryl/α,β-unsaturated/α-hetero) is 2. The van der Waals surface area contributed by atoms with Gasteiger partial charge in [-0.3, -0.25) is 9.59 Å². The molecule has 0 unspecified atom stereocenters. The lowest BCUT2D eigenvalue weighted by Gasteiger charge is -2.65. The molecule has 0 aromatic rings. The van der Waals surface area contributed by atoms with E-state index in [1.54, 1.807) is 13.8 Å². The van der Waals surface area contributed by atoms with Gasteiger partial charge in [-0.15, -0.1) is 0 Å². The standard InChI is InChI=1S/C30H48O7/c1-25(2,36)12-11-21(33)30(8,37)23-19(32)14-27(5)20-10-9-16-17(13-18(31)24(35)26(16,3)4)29(20,7)22(34)15-28(23,27)6/h9,17-20,23-24,31-32,35-37H,10-15H2,1-8H3/t17-,18-,19+,20+,23-,24+,27+,28-,29+,30-/m1/s1. The van der Waals surface area contributed by atoms with Gasteiger partial charge in [0.1, 0.15) is 11.4 Å². The molecule has 3 saturated carbocycles. The third-order valence-corrected chi connectivity index (χ3v) is 11.8. The Hall–Kier alpha value is -1.12. The highest BCUT2D eigenvalue weighted by Gasteiger charge is 2.74. The third-order valence-electron chi connectivity index (χ3n) is 11.8. The molecule has 0 amide bonds. The van der Waals surface area contributed by atoms with Crippen LogP contribution in [0.5, 0.6) is 0 Å². The Bertz CT molecular complexity index is 1010. The Labute approximate surface area is 221 Å². The first-order chi connectivity index (χ1) is 16.7. The molecule has 210 valence electrons. The van der Waals surface area contributed by atoms with Crippen molar-refractivity contribution >= 4 is 11.6 Å². The molecule has 4 aliphatic carbocycles. The fraction of sp³-hybridized carbons (Fsp3) is 0.867. The van der Waals surface area contributed by atoms with Gasteiger partial charge in [-0.1, -0.05) is 46.3 Å². The van der Waals surface area contributed by atoms with Crippen LogP contribution in [0.3, 0.4) is 0 Å². The summed E-state index contributed by atoms with van der Waals surface area (Å²) in [5.41, 5.74) is -4.71. The minimum Gasteiger partial charge on any atom is -0.393 e. The summed E-state index contributed by atoms with van der Waals surface area (Å²) >= 11 is 0. The van der Waals surface area contributed by atoms with Gasteiger partial charge in [0.25, 0.3) is 0 Å². The maximum Gasteiger partial charge on any atom is 0.164 e. The van der Waals surface area contributed by atoms with Crippen molar-refractivity contribution in [2.45, 2.75) is 123 Å². The summed E-state index contributed by atoms with van der Waals surface area (Å²) in [6.45, 7) is 14.6. The highest BCUT2D eigenvalue weighted by Crippen LogP contribution is 2.74. The zero-order valence-electron chi connectivity index (χ0n) is 23.8. The van der Waals surface area contributed by atoms with E-state index >= 15 is 0 Å². The molecule has 37 heavy (non-hydrogen) atoms. The molecule has 4 aliphatic rings. The predicted molar refractivity (Wildman–Crippen MR) is 139 cm³/mol. The molecule has 5 N–H and O–H groups in total. The van der Waals surface area contributed by atoms with Gasteiger partial charge in [-0.05, 0) is 69.1 Å². The van der Waals surface area contributed by atoms with Crippen LogP contribution in [0.1, 0.15) is 93.9 Å². The average Bonchev–Trinajstić information content (AvgIpc) is 2.96. The molecule has 0 aromatic carbocycles. The minimum absolute atomic E-state index is 0.0227. The summed E-state index contributed by atoms with van der Waals surface area (Å²) < 4.78 is 0. The van der Waals surface area contributed by atoms with E-state index in [2.05, 4.69) is 13.0 Å². The molecule has 10 atom stereocenters. The number of carbonyl (C=O) groups excluding carboxylic acids is 2. The molecule has 0 aliphatic heterocycles. The van der Waals surface area contributed by atoms with E-state index < -0.39 is 62.9 Å². The Kier molecular flexibility index (Phi) is 6.59. The first-order valence-corrected chi connectivity index (χ1v) is 13.9. The van der Waals surface area contributed by atoms with Crippen LogP contribution in [-0.4, -0.2) is 66.6 Å². The molecule has 7 heteroatoms. The van der Waals surface area contributed by atoms with Crippen molar-refractivity contribution in [2.24, 2.45) is 39.4 Å². The summed E-state index contributed by atoms with van der Waals surface area (Å²) in [6.07, 6.45) is 0.895. The number of aliphatic hydroxyl groups excluding tert-OH is 3. The Morgan fingerprint density at radius 1 is 1.00 bits per heavy atom. The van der Waals surface area contributed by atoms with Gasteiger partial charge < -0.3 is 25.5 Å². The SMILES string of the molecule is CC(C)(O)CCC(=O)[C@@](C)(O)[C@@H]1[C@@H](O)C[C@@]2(C)[C@@H]3CC=C4[C@@H](C[C@@H](O)[C@H](O)C4(C)C)[C@]3(C)C(=O)C[C@]12C. The number of hydrogen-bond acceptors (Lipinski definition) is 7. The number of ketones is 2. The third kappa shape index (κ3) is 3.86. The van der Waals surface area contributed by atoms with Crippen LogP contribution in [0.15, 0.2) is 11.6 Å². The first-order valence-electron chi connectivity index (χ1n) is 13.9. The fourth-order valence-corrected chi connectivity index (χ4v) is 9.40. The molecule has 0 heterocycles. The summed E-state index contributed by atoms with van der Waals surface area (Å²) in [6, 6.07) is 0. The second kappa shape index (κ2) is 8.44. The lowest BCUT2D eigenvalue weighted by atomic mass is 9.38. The zero-order chi connectivity index (χ0) is 28.1. The van der Waals surface area contributed by atoms with Crippen molar-refractivity contribution in [2.75, 3.05) is 0 Å². The molecule has 7 nitrogen and oxygen atoms in total. The average molecular weight is 521 g/mol. The van der Waals surface area contributed by atoms with Crippen LogP contribution in [0, 0.1) is 39.4 Å². The summed E-state index contributed by atoms with van der Waals surface area (Å²) in [7, 11) is 0. The van der Waals surface area contributed by atoms with Gasteiger partial charge in [-0.25, -0.2) is 0 Å². The quantitative estimate of drug-likeness (QED) is 0.352. The van der Waals surface area contributed by atoms with Crippen molar-refractivity contribution in [3.8, 4) is 0 Å². The van der Waals surface area contributed by atoms with E-state index in [1.165, 1.54) is 6.92 Å². The maximum absolute atomic E-state index is 14.2. The van der Waals surface area contributed by atoms with Crippen LogP contribution in [-0.2, 0) is 9.59 Å². The lowest BCUT2D eigenvalue weighted by Crippen LogP contribution is -2.65. The number of allylic oxidation sites excluding steroid dienone is 1. The second-order valence-corrected chi connectivity index (χ2v) is 14.8. The number of aliphatic hydroxyl groups is 5. The molecule has 0 spiro atoms. The second-order valence-electron chi connectivity index (χ2n) is 14.8. The summed E-state index contributed by atoms with van der Waals surface area (Å²) in [5.74, 6) is -1.60. The van der Waals surface area contributed by atoms with Gasteiger partial charge in [0.05, 0.1) is 23.9 Å². The van der Waals surface area contributed by atoms with E-state index in [9.17, 15) is 35.1 Å². The summed E-state index contributed by atoms with van der Waals surface area (Å²) in [4.78, 5) is 27.5. The Balaban J connectivity index is 1.76. The van der Waals surface area contributed by atoms with Crippen molar-refractivity contribution in [3.05, 3.63) is 11.6 Å². The minimum atomic E-state index is -1.85. The molecule has 3 fully saturated rings. The van der Waals surface area contributed by atoms with Crippen LogP contribution in [0.25, 0.3) is 0 Å². The van der Waals surface area contributed by atoms with Crippen molar-refractivity contribution in [1.82, 2.24) is 0 Å². The van der Waals surface area contributed by atoms with Gasteiger partial charge >= 0.3 is 0 Å². The number of rotatable bonds is 5. The van der Waals surface area contributed by atoms with Crippen LogP contribution < -0.4 is 0 Å². The Morgan fingerprint density at radius 3 is 2.16 bits per heavy atom. The number of fused-ring (bicyclic) bond motifs is 5. The van der Waals surface area contributed by atoms with Gasteiger partial charge in [0, 0.05) is 29.6 Å². The van der Waals surface area contributed by atoms with Gasteiger partial charge in [0.2, 0.25) is 0 Å². The van der Waals surface area contributed by atoms with Gasteiger partial charge in [0.15, 0.2) is 5.78 Å². The monoisotopic (exact) mass is 520 g/mol. The van der Waals surface area contributed by atoms with E-state index in [4.69, 9.17) is 0 Å². The largest absolute Gasteiger partial charge is 0.393 e. The van der Waals surface area contributed by atoms with Gasteiger partial charge in [-0.2, -0.15) is 0 Å². The highest BCUT2D eigenvalue weighted by molar-refractivity contribution is 5.90. The van der Waals surface area contributed by atoms with E-state index in [-0.39, 0.29) is 36.9 Å². The maximum atomic E-state index is 14.2. The zero-order valence-corrected chi connectivity index (χ0v) is 23.8. The molecule has 0 bridgehead atoms. The Morgan fingerprint density at radius 2 is 1.59 bits per heavy atom. The van der Waals surface area contributed by atoms with E-state index in [0.29, 0.717) is 19.3 Å². The normalized spacial score (nSPS) is 46.8. The van der Waals surface area contributed by atoms with Crippen molar-refractivity contribution < 1.29 is 35.1 Å². The van der Waals surface area contributed by atoms with E-state index in [1.807, 2.05) is 27.7 Å². The van der Waals surface area contributed by atoms with Crippen molar-refractivity contribution in [3.63, 3.8) is 0 Å². The lowest BCUT2D eigenvalue weighted by molar-refractivity contribution is -0.188. The van der Waals surface area contributed by atoms with Crippen molar-refractivity contribution in [1.29, 1.82) is 0 Å². The van der Waals surface area contributed by atoms with E-state index in [0.717, 1.165) is 5.57 Å². The first kappa shape index (κ1) is 28.9. The van der Waals surface area contributed by atoms with Crippen LogP contribution >= 0.6 is 0 Å².